The Labute approximate surface area is 99.2 Å². The fourth-order valence-corrected chi connectivity index (χ4v) is 2.08. The van der Waals surface area contributed by atoms with Crippen molar-refractivity contribution in [2.24, 2.45) is 4.99 Å². The summed E-state index contributed by atoms with van der Waals surface area (Å²) >= 11 is 0. The van der Waals surface area contributed by atoms with Crippen LogP contribution in [0.4, 0.5) is 0 Å². The number of nitrogens with zero attached hydrogens (tertiary/aromatic N) is 3. The molecule has 0 fully saturated rings. The molecule has 1 rings (SSSR count). The van der Waals surface area contributed by atoms with Gasteiger partial charge in [0.1, 0.15) is 0 Å². The molecular formula is C13H23N3. The largest absolute Gasteiger partial charge is 0.357 e. The van der Waals surface area contributed by atoms with Crippen molar-refractivity contribution < 1.29 is 0 Å². The molecule has 0 aromatic rings. The zero-order chi connectivity index (χ0) is 11.6. The standard InChI is InChI=1S/C13H23N3/c1-2-3-4-5-6-8-13-15-10-12-16(13)11-7-9-14/h2-8,10-12H2,1H3. The molecule has 16 heavy (non-hydrogen) atoms. The van der Waals surface area contributed by atoms with Crippen molar-refractivity contribution in [1.29, 1.82) is 5.26 Å². The molecule has 0 aromatic heterocycles. The van der Waals surface area contributed by atoms with Crippen LogP contribution in [0.25, 0.3) is 0 Å². The van der Waals surface area contributed by atoms with Gasteiger partial charge in [-0.15, -0.1) is 0 Å². The molecule has 0 saturated heterocycles. The topological polar surface area (TPSA) is 39.4 Å². The van der Waals surface area contributed by atoms with Crippen molar-refractivity contribution in [3.63, 3.8) is 0 Å². The molecule has 1 heterocycles. The summed E-state index contributed by atoms with van der Waals surface area (Å²) in [6.07, 6.45) is 8.30. The Morgan fingerprint density at radius 1 is 1.31 bits per heavy atom. The summed E-state index contributed by atoms with van der Waals surface area (Å²) < 4.78 is 0. The Morgan fingerprint density at radius 3 is 2.88 bits per heavy atom. The van der Waals surface area contributed by atoms with Gasteiger partial charge in [-0.3, -0.25) is 4.99 Å². The van der Waals surface area contributed by atoms with Crippen LogP contribution < -0.4 is 0 Å². The van der Waals surface area contributed by atoms with Gasteiger partial charge in [0, 0.05) is 19.5 Å². The molecule has 0 aliphatic carbocycles. The van der Waals surface area contributed by atoms with Crippen LogP contribution in [0.3, 0.4) is 0 Å². The van der Waals surface area contributed by atoms with Crippen molar-refractivity contribution in [3.8, 4) is 6.07 Å². The maximum atomic E-state index is 8.57. The lowest BCUT2D eigenvalue weighted by Crippen LogP contribution is -2.28. The van der Waals surface area contributed by atoms with E-state index in [9.17, 15) is 0 Å². The summed E-state index contributed by atoms with van der Waals surface area (Å²) in [6, 6.07) is 2.20. The Bertz CT molecular complexity index is 252. The van der Waals surface area contributed by atoms with Gasteiger partial charge in [0.2, 0.25) is 0 Å². The summed E-state index contributed by atoms with van der Waals surface area (Å²) in [5.41, 5.74) is 0. The van der Waals surface area contributed by atoms with Crippen molar-refractivity contribution in [2.75, 3.05) is 19.6 Å². The molecule has 3 nitrogen and oxygen atoms in total. The molecule has 0 atom stereocenters. The van der Waals surface area contributed by atoms with Crippen molar-refractivity contribution in [1.82, 2.24) is 4.90 Å². The van der Waals surface area contributed by atoms with E-state index in [1.165, 1.54) is 37.9 Å². The minimum Gasteiger partial charge on any atom is -0.357 e. The van der Waals surface area contributed by atoms with Crippen LogP contribution in [-0.4, -0.2) is 30.4 Å². The average Bonchev–Trinajstić information content (AvgIpc) is 2.74. The SMILES string of the molecule is CCCCCCCC1=NCCN1CCC#N. The maximum absolute atomic E-state index is 8.57. The van der Waals surface area contributed by atoms with Crippen LogP contribution in [-0.2, 0) is 0 Å². The molecule has 90 valence electrons. The predicted molar refractivity (Wildman–Crippen MR) is 67.5 cm³/mol. The Morgan fingerprint density at radius 2 is 2.12 bits per heavy atom. The number of unbranched alkanes of at least 4 members (excludes halogenated alkanes) is 4. The molecule has 0 radical (unpaired) electrons. The zero-order valence-corrected chi connectivity index (χ0v) is 10.4. The lowest BCUT2D eigenvalue weighted by molar-refractivity contribution is 0.455. The fourth-order valence-electron chi connectivity index (χ4n) is 2.08. The number of hydrogen-bond acceptors (Lipinski definition) is 3. The van der Waals surface area contributed by atoms with Crippen molar-refractivity contribution in [2.45, 2.75) is 51.9 Å². The molecule has 1 aliphatic heterocycles. The van der Waals surface area contributed by atoms with Gasteiger partial charge in [0.25, 0.3) is 0 Å². The van der Waals surface area contributed by atoms with Gasteiger partial charge in [0.15, 0.2) is 0 Å². The molecule has 0 spiro atoms. The second-order valence-electron chi connectivity index (χ2n) is 4.36. The van der Waals surface area contributed by atoms with Crippen molar-refractivity contribution in [3.05, 3.63) is 0 Å². The Hall–Kier alpha value is -1.04. The normalized spacial score (nSPS) is 15.0. The molecule has 0 bridgehead atoms. The van der Waals surface area contributed by atoms with Gasteiger partial charge in [-0.2, -0.15) is 5.26 Å². The van der Waals surface area contributed by atoms with Crippen LogP contribution in [0.5, 0.6) is 0 Å². The van der Waals surface area contributed by atoms with Gasteiger partial charge < -0.3 is 4.90 Å². The van der Waals surface area contributed by atoms with Crippen molar-refractivity contribution >= 4 is 5.84 Å². The maximum Gasteiger partial charge on any atom is 0.0990 e. The number of rotatable bonds is 8. The third-order valence-electron chi connectivity index (χ3n) is 3.03. The minimum absolute atomic E-state index is 0.620. The first-order valence-electron chi connectivity index (χ1n) is 6.53. The molecule has 0 N–H and O–H groups in total. The number of aliphatic imine (C=N–C) groups is 1. The highest BCUT2D eigenvalue weighted by Crippen LogP contribution is 2.11. The highest BCUT2D eigenvalue weighted by atomic mass is 15.2. The first-order valence-corrected chi connectivity index (χ1v) is 6.53. The third-order valence-corrected chi connectivity index (χ3v) is 3.03. The van der Waals surface area contributed by atoms with E-state index in [4.69, 9.17) is 5.26 Å². The summed E-state index contributed by atoms with van der Waals surface area (Å²) in [6.45, 7) is 5.05. The van der Waals surface area contributed by atoms with Crippen LogP contribution in [0.15, 0.2) is 4.99 Å². The van der Waals surface area contributed by atoms with E-state index in [-0.39, 0.29) is 0 Å². The quantitative estimate of drug-likeness (QED) is 0.591. The lowest BCUT2D eigenvalue weighted by Gasteiger charge is -2.18. The van der Waals surface area contributed by atoms with Gasteiger partial charge in [-0.25, -0.2) is 0 Å². The van der Waals surface area contributed by atoms with Crippen LogP contribution in [0.2, 0.25) is 0 Å². The smallest absolute Gasteiger partial charge is 0.0990 e. The van der Waals surface area contributed by atoms with Gasteiger partial charge in [-0.1, -0.05) is 32.6 Å². The number of amidine groups is 1. The first kappa shape index (κ1) is 13.0. The predicted octanol–water partition coefficient (Wildman–Crippen LogP) is 2.97. The monoisotopic (exact) mass is 221 g/mol. The molecule has 3 heteroatoms. The average molecular weight is 221 g/mol. The molecule has 1 aliphatic rings. The second kappa shape index (κ2) is 8.15. The Balaban J connectivity index is 2.13. The van der Waals surface area contributed by atoms with Gasteiger partial charge in [-0.05, 0) is 6.42 Å². The van der Waals surface area contributed by atoms with E-state index in [1.54, 1.807) is 0 Å². The van der Waals surface area contributed by atoms with E-state index in [2.05, 4.69) is 22.9 Å². The van der Waals surface area contributed by atoms with Crippen LogP contribution in [0.1, 0.15) is 51.9 Å². The van der Waals surface area contributed by atoms with E-state index < -0.39 is 0 Å². The Kier molecular flexibility index (Phi) is 6.64. The molecule has 0 saturated carbocycles. The molecule has 0 amide bonds. The summed E-state index contributed by atoms with van der Waals surface area (Å²) in [5.74, 6) is 1.24. The summed E-state index contributed by atoms with van der Waals surface area (Å²) in [4.78, 5) is 6.80. The van der Waals surface area contributed by atoms with E-state index in [0.29, 0.717) is 6.42 Å². The molecule has 0 aromatic carbocycles. The highest BCUT2D eigenvalue weighted by molar-refractivity contribution is 5.83. The second-order valence-corrected chi connectivity index (χ2v) is 4.36. The number of hydrogen-bond donors (Lipinski definition) is 0. The van der Waals surface area contributed by atoms with E-state index >= 15 is 0 Å². The summed E-state index contributed by atoms with van der Waals surface area (Å²) in [5, 5.41) is 8.57. The van der Waals surface area contributed by atoms with Gasteiger partial charge in [0.05, 0.1) is 24.9 Å². The zero-order valence-electron chi connectivity index (χ0n) is 10.4. The third kappa shape index (κ3) is 4.65. The highest BCUT2D eigenvalue weighted by Gasteiger charge is 2.15. The van der Waals surface area contributed by atoms with Gasteiger partial charge >= 0.3 is 0 Å². The number of nitriles is 1. The minimum atomic E-state index is 0.620. The lowest BCUT2D eigenvalue weighted by atomic mass is 10.1. The summed E-state index contributed by atoms with van der Waals surface area (Å²) in [7, 11) is 0. The molecular weight excluding hydrogens is 198 g/mol. The van der Waals surface area contributed by atoms with Crippen LogP contribution in [0, 0.1) is 11.3 Å². The molecule has 0 unspecified atom stereocenters. The van der Waals surface area contributed by atoms with Crippen LogP contribution >= 0.6 is 0 Å². The first-order chi connectivity index (χ1) is 7.88. The fraction of sp³-hybridized carbons (Fsp3) is 0.846. The van der Waals surface area contributed by atoms with E-state index in [0.717, 1.165) is 26.1 Å². The van der Waals surface area contributed by atoms with E-state index in [1.807, 2.05) is 0 Å².